The summed E-state index contributed by atoms with van der Waals surface area (Å²) < 4.78 is 9.20. The van der Waals surface area contributed by atoms with Gasteiger partial charge in [-0.15, -0.1) is 0 Å². The SMILES string of the molecule is c1cc(-c2ccc3c4c(cccc24)-c2ccccc2-3)cc(-n2c3ccccc3c3c4ccccc4c4c5ccccc5oc4c32)c1. The summed E-state index contributed by atoms with van der Waals surface area (Å²) >= 11 is 0. The minimum Gasteiger partial charge on any atom is -0.454 e. The van der Waals surface area contributed by atoms with Gasteiger partial charge in [-0.3, -0.25) is 0 Å². The van der Waals surface area contributed by atoms with Crippen LogP contribution in [0.3, 0.4) is 0 Å². The van der Waals surface area contributed by atoms with Crippen LogP contribution in [0.2, 0.25) is 0 Å². The zero-order valence-corrected chi connectivity index (χ0v) is 24.8. The molecule has 0 bridgehead atoms. The summed E-state index contributed by atoms with van der Waals surface area (Å²) in [5.41, 5.74) is 13.0. The smallest absolute Gasteiger partial charge is 0.160 e. The molecule has 0 aliphatic heterocycles. The van der Waals surface area contributed by atoms with Gasteiger partial charge in [-0.05, 0) is 79.2 Å². The molecule has 0 amide bonds. The normalized spacial score (nSPS) is 12.3. The Morgan fingerprint density at radius 3 is 1.85 bits per heavy atom. The Hall–Kier alpha value is -6.12. The van der Waals surface area contributed by atoms with Crippen molar-refractivity contribution < 1.29 is 4.42 Å². The molecule has 0 fully saturated rings. The summed E-state index contributed by atoms with van der Waals surface area (Å²) in [5.74, 6) is 0. The lowest BCUT2D eigenvalue weighted by atomic mass is 9.94. The fraction of sp³-hybridized carbons (Fsp3) is 0. The van der Waals surface area contributed by atoms with E-state index in [-0.39, 0.29) is 0 Å². The van der Waals surface area contributed by atoms with Crippen LogP contribution < -0.4 is 0 Å². The number of furan rings is 1. The summed E-state index contributed by atoms with van der Waals surface area (Å²) in [5, 5.41) is 9.88. The van der Waals surface area contributed by atoms with Gasteiger partial charge >= 0.3 is 0 Å². The number of hydrogen-bond donors (Lipinski definition) is 0. The van der Waals surface area contributed by atoms with Crippen LogP contribution in [0.15, 0.2) is 156 Å². The molecule has 46 heavy (non-hydrogen) atoms. The molecule has 1 aliphatic carbocycles. The van der Waals surface area contributed by atoms with Gasteiger partial charge in [0.25, 0.3) is 0 Å². The third-order valence-electron chi connectivity index (χ3n) is 10.1. The number of nitrogens with zero attached hydrogens (tertiary/aromatic N) is 1. The van der Waals surface area contributed by atoms with Gasteiger partial charge in [0.1, 0.15) is 5.58 Å². The minimum atomic E-state index is 0.912. The predicted molar refractivity (Wildman–Crippen MR) is 193 cm³/mol. The van der Waals surface area contributed by atoms with Gasteiger partial charge in [-0.1, -0.05) is 127 Å². The Morgan fingerprint density at radius 1 is 0.391 bits per heavy atom. The topological polar surface area (TPSA) is 18.1 Å². The molecule has 11 rings (SSSR count). The molecule has 2 heterocycles. The molecule has 0 unspecified atom stereocenters. The van der Waals surface area contributed by atoms with Crippen LogP contribution in [0.25, 0.3) is 104 Å². The quantitative estimate of drug-likeness (QED) is 0.198. The van der Waals surface area contributed by atoms with E-state index >= 15 is 0 Å². The molecular formula is C44H25NO. The molecule has 0 atom stereocenters. The lowest BCUT2D eigenvalue weighted by Gasteiger charge is -2.13. The van der Waals surface area contributed by atoms with Gasteiger partial charge in [0.05, 0.1) is 11.0 Å². The Balaban J connectivity index is 1.24. The maximum Gasteiger partial charge on any atom is 0.160 e. The van der Waals surface area contributed by atoms with Crippen LogP contribution in [0, 0.1) is 0 Å². The van der Waals surface area contributed by atoms with E-state index < -0.39 is 0 Å². The first-order valence-corrected chi connectivity index (χ1v) is 15.9. The molecule has 212 valence electrons. The van der Waals surface area contributed by atoms with Crippen LogP contribution in [0.4, 0.5) is 0 Å². The molecule has 2 aromatic heterocycles. The summed E-state index contributed by atoms with van der Waals surface area (Å²) in [7, 11) is 0. The zero-order chi connectivity index (χ0) is 29.9. The molecular weight excluding hydrogens is 558 g/mol. The largest absolute Gasteiger partial charge is 0.454 e. The first kappa shape index (κ1) is 24.2. The van der Waals surface area contributed by atoms with E-state index in [4.69, 9.17) is 4.42 Å². The molecule has 2 heteroatoms. The highest BCUT2D eigenvalue weighted by atomic mass is 16.3. The Labute approximate surface area is 264 Å². The third kappa shape index (κ3) is 3.01. The maximum atomic E-state index is 6.78. The van der Waals surface area contributed by atoms with Crippen LogP contribution in [-0.4, -0.2) is 4.57 Å². The van der Waals surface area contributed by atoms with Crippen LogP contribution in [0.5, 0.6) is 0 Å². The van der Waals surface area contributed by atoms with Gasteiger partial charge in [-0.2, -0.15) is 0 Å². The van der Waals surface area contributed by atoms with Gasteiger partial charge in [0, 0.05) is 27.2 Å². The average Bonchev–Trinajstić information content (AvgIpc) is 3.78. The second-order valence-corrected chi connectivity index (χ2v) is 12.4. The van der Waals surface area contributed by atoms with Gasteiger partial charge in [0.2, 0.25) is 0 Å². The first-order chi connectivity index (χ1) is 22.8. The summed E-state index contributed by atoms with van der Waals surface area (Å²) in [4.78, 5) is 0. The summed E-state index contributed by atoms with van der Waals surface area (Å²) in [6.45, 7) is 0. The Kier molecular flexibility index (Phi) is 4.61. The number of fused-ring (bicyclic) bond motifs is 13. The van der Waals surface area contributed by atoms with Crippen LogP contribution >= 0.6 is 0 Å². The monoisotopic (exact) mass is 583 g/mol. The maximum absolute atomic E-state index is 6.78. The molecule has 1 aliphatic rings. The second-order valence-electron chi connectivity index (χ2n) is 12.4. The van der Waals surface area contributed by atoms with Crippen molar-refractivity contribution in [2.75, 3.05) is 0 Å². The highest BCUT2D eigenvalue weighted by Crippen LogP contribution is 2.50. The standard InChI is InChI=1S/C44H25NO/c1-2-14-30-29(13-1)32-20-10-19-31-28(23-24-35(30)40(31)32)26-11-9-12-27(25-26)45-38-21-7-5-17-36(38)41-33-15-3-4-16-34(33)42-37-18-6-8-22-39(37)46-44(42)43(41)45/h1-25H. The van der Waals surface area contributed by atoms with Crippen LogP contribution in [-0.2, 0) is 0 Å². The molecule has 0 spiro atoms. The van der Waals surface area contributed by atoms with Crippen molar-refractivity contribution in [3.05, 3.63) is 152 Å². The number of hydrogen-bond acceptors (Lipinski definition) is 1. The molecule has 0 radical (unpaired) electrons. The van der Waals surface area contributed by atoms with E-state index in [0.717, 1.165) is 27.8 Å². The van der Waals surface area contributed by atoms with Crippen molar-refractivity contribution in [3.63, 3.8) is 0 Å². The predicted octanol–water partition coefficient (Wildman–Crippen LogP) is 12.3. The minimum absolute atomic E-state index is 0.912. The number of rotatable bonds is 2. The molecule has 0 saturated carbocycles. The number of aromatic nitrogens is 1. The lowest BCUT2D eigenvalue weighted by molar-refractivity contribution is 0.671. The zero-order valence-electron chi connectivity index (χ0n) is 24.8. The summed E-state index contributed by atoms with van der Waals surface area (Å²) in [6.07, 6.45) is 0. The third-order valence-corrected chi connectivity index (χ3v) is 10.1. The van der Waals surface area contributed by atoms with Crippen molar-refractivity contribution in [1.82, 2.24) is 4.57 Å². The number of para-hydroxylation sites is 2. The molecule has 2 nitrogen and oxygen atoms in total. The lowest BCUT2D eigenvalue weighted by Crippen LogP contribution is -1.95. The van der Waals surface area contributed by atoms with E-state index in [1.165, 1.54) is 76.6 Å². The first-order valence-electron chi connectivity index (χ1n) is 15.9. The van der Waals surface area contributed by atoms with Crippen molar-refractivity contribution in [2.24, 2.45) is 0 Å². The van der Waals surface area contributed by atoms with Crippen molar-refractivity contribution in [2.45, 2.75) is 0 Å². The van der Waals surface area contributed by atoms with Gasteiger partial charge in [0.15, 0.2) is 5.58 Å². The van der Waals surface area contributed by atoms with E-state index in [9.17, 15) is 0 Å². The van der Waals surface area contributed by atoms with E-state index in [1.54, 1.807) is 0 Å². The molecule has 0 N–H and O–H groups in total. The number of benzene rings is 8. The Bertz CT molecular complexity index is 2890. The van der Waals surface area contributed by atoms with Crippen molar-refractivity contribution in [1.29, 1.82) is 0 Å². The highest BCUT2D eigenvalue weighted by Gasteiger charge is 2.24. The van der Waals surface area contributed by atoms with Gasteiger partial charge in [-0.25, -0.2) is 0 Å². The molecule has 10 aromatic rings. The summed E-state index contributed by atoms with van der Waals surface area (Å²) in [6, 6.07) is 55.1. The second kappa shape index (κ2) is 8.74. The average molecular weight is 584 g/mol. The molecule has 8 aromatic carbocycles. The van der Waals surface area contributed by atoms with Crippen molar-refractivity contribution >= 4 is 65.3 Å². The van der Waals surface area contributed by atoms with Crippen molar-refractivity contribution in [3.8, 4) is 39.1 Å². The van der Waals surface area contributed by atoms with Crippen LogP contribution in [0.1, 0.15) is 0 Å². The van der Waals surface area contributed by atoms with E-state index in [0.29, 0.717) is 0 Å². The van der Waals surface area contributed by atoms with E-state index in [2.05, 4.69) is 156 Å². The fourth-order valence-corrected chi connectivity index (χ4v) is 8.27. The molecule has 0 saturated heterocycles. The fourth-order valence-electron chi connectivity index (χ4n) is 8.27. The van der Waals surface area contributed by atoms with E-state index in [1.807, 2.05) is 0 Å². The Morgan fingerprint density at radius 2 is 1.00 bits per heavy atom. The highest BCUT2D eigenvalue weighted by molar-refractivity contribution is 6.35. The van der Waals surface area contributed by atoms with Gasteiger partial charge < -0.3 is 8.98 Å².